The minimum Gasteiger partial charge on any atom is -0.458 e. The second-order valence-electron chi connectivity index (χ2n) is 6.03. The molecule has 5 heteroatoms. The SMILES string of the molecule is O=C(OCc1ccccc1)OC(C(=O)OCc1ccccc1)c1ccccc1. The Morgan fingerprint density at radius 1 is 0.643 bits per heavy atom. The van der Waals surface area contributed by atoms with Gasteiger partial charge < -0.3 is 14.2 Å². The highest BCUT2D eigenvalue weighted by molar-refractivity contribution is 5.79. The van der Waals surface area contributed by atoms with Crippen molar-refractivity contribution in [1.82, 2.24) is 0 Å². The van der Waals surface area contributed by atoms with E-state index in [4.69, 9.17) is 14.2 Å². The van der Waals surface area contributed by atoms with Gasteiger partial charge >= 0.3 is 12.1 Å². The first-order valence-electron chi connectivity index (χ1n) is 8.85. The molecule has 0 radical (unpaired) electrons. The first-order valence-corrected chi connectivity index (χ1v) is 8.85. The van der Waals surface area contributed by atoms with Gasteiger partial charge in [-0.05, 0) is 11.1 Å². The van der Waals surface area contributed by atoms with Crippen molar-refractivity contribution in [2.24, 2.45) is 0 Å². The molecule has 0 fully saturated rings. The van der Waals surface area contributed by atoms with Crippen molar-refractivity contribution in [3.63, 3.8) is 0 Å². The molecule has 0 aliphatic heterocycles. The van der Waals surface area contributed by atoms with E-state index in [2.05, 4.69) is 0 Å². The van der Waals surface area contributed by atoms with Crippen LogP contribution in [0.15, 0.2) is 91.0 Å². The van der Waals surface area contributed by atoms with E-state index in [1.807, 2.05) is 66.7 Å². The van der Waals surface area contributed by atoms with Crippen LogP contribution in [0, 0.1) is 0 Å². The monoisotopic (exact) mass is 376 g/mol. The molecular weight excluding hydrogens is 356 g/mol. The number of esters is 1. The van der Waals surface area contributed by atoms with Gasteiger partial charge in [0.1, 0.15) is 13.2 Å². The summed E-state index contributed by atoms with van der Waals surface area (Å²) >= 11 is 0. The molecule has 1 atom stereocenters. The van der Waals surface area contributed by atoms with Gasteiger partial charge in [0.15, 0.2) is 0 Å². The normalized spacial score (nSPS) is 11.3. The smallest absolute Gasteiger partial charge is 0.458 e. The van der Waals surface area contributed by atoms with Crippen molar-refractivity contribution in [2.45, 2.75) is 19.3 Å². The maximum atomic E-state index is 12.6. The highest BCUT2D eigenvalue weighted by atomic mass is 16.7. The average Bonchev–Trinajstić information content (AvgIpc) is 2.76. The quantitative estimate of drug-likeness (QED) is 0.553. The molecule has 0 spiro atoms. The minimum absolute atomic E-state index is 0.0558. The van der Waals surface area contributed by atoms with E-state index < -0.39 is 18.2 Å². The summed E-state index contributed by atoms with van der Waals surface area (Å²) in [7, 11) is 0. The molecular formula is C23H20O5. The predicted octanol–water partition coefficient (Wildman–Crippen LogP) is 4.82. The molecule has 0 aliphatic carbocycles. The first-order chi connectivity index (χ1) is 13.7. The minimum atomic E-state index is -1.20. The second kappa shape index (κ2) is 9.92. The molecule has 1 unspecified atom stereocenters. The summed E-state index contributed by atoms with van der Waals surface area (Å²) in [6.07, 6.45) is -2.14. The zero-order valence-corrected chi connectivity index (χ0v) is 15.2. The van der Waals surface area contributed by atoms with Crippen LogP contribution in [0.4, 0.5) is 4.79 Å². The molecule has 0 amide bonds. The number of hydrogen-bond donors (Lipinski definition) is 0. The van der Waals surface area contributed by atoms with Gasteiger partial charge in [-0.3, -0.25) is 0 Å². The van der Waals surface area contributed by atoms with E-state index in [1.54, 1.807) is 24.3 Å². The molecule has 0 aromatic heterocycles. The van der Waals surface area contributed by atoms with Gasteiger partial charge in [-0.1, -0.05) is 91.0 Å². The van der Waals surface area contributed by atoms with Crippen LogP contribution in [-0.2, 0) is 32.2 Å². The van der Waals surface area contributed by atoms with E-state index in [0.717, 1.165) is 11.1 Å². The summed E-state index contributed by atoms with van der Waals surface area (Å²) in [6, 6.07) is 27.2. The van der Waals surface area contributed by atoms with Crippen LogP contribution >= 0.6 is 0 Å². The van der Waals surface area contributed by atoms with Crippen molar-refractivity contribution < 1.29 is 23.8 Å². The number of carbonyl (C=O) groups is 2. The molecule has 5 nitrogen and oxygen atoms in total. The van der Waals surface area contributed by atoms with Crippen molar-refractivity contribution in [3.05, 3.63) is 108 Å². The van der Waals surface area contributed by atoms with Crippen LogP contribution in [0.2, 0.25) is 0 Å². The molecule has 0 aliphatic rings. The second-order valence-corrected chi connectivity index (χ2v) is 6.03. The Kier molecular flexibility index (Phi) is 6.79. The van der Waals surface area contributed by atoms with Crippen molar-refractivity contribution in [2.75, 3.05) is 0 Å². The topological polar surface area (TPSA) is 61.8 Å². The zero-order chi connectivity index (χ0) is 19.6. The molecule has 0 saturated carbocycles. The summed E-state index contributed by atoms with van der Waals surface area (Å²) < 4.78 is 15.7. The highest BCUT2D eigenvalue weighted by Gasteiger charge is 2.27. The lowest BCUT2D eigenvalue weighted by atomic mass is 10.1. The van der Waals surface area contributed by atoms with Crippen molar-refractivity contribution >= 4 is 12.1 Å². The van der Waals surface area contributed by atoms with Crippen LogP contribution < -0.4 is 0 Å². The Bertz CT molecular complexity index is 879. The van der Waals surface area contributed by atoms with E-state index in [0.29, 0.717) is 5.56 Å². The molecule has 0 heterocycles. The van der Waals surface area contributed by atoms with Gasteiger partial charge in [-0.25, -0.2) is 9.59 Å². The van der Waals surface area contributed by atoms with Crippen LogP contribution in [0.3, 0.4) is 0 Å². The fourth-order valence-electron chi connectivity index (χ4n) is 2.53. The van der Waals surface area contributed by atoms with Gasteiger partial charge in [-0.2, -0.15) is 0 Å². The number of benzene rings is 3. The molecule has 0 saturated heterocycles. The Morgan fingerprint density at radius 3 is 1.64 bits per heavy atom. The molecule has 28 heavy (non-hydrogen) atoms. The van der Waals surface area contributed by atoms with Gasteiger partial charge in [0, 0.05) is 5.56 Å². The third kappa shape index (κ3) is 5.71. The number of ether oxygens (including phenoxy) is 3. The number of carbonyl (C=O) groups excluding carboxylic acids is 2. The van der Waals surface area contributed by atoms with E-state index in [1.165, 1.54) is 0 Å². The lowest BCUT2D eigenvalue weighted by Gasteiger charge is -2.17. The van der Waals surface area contributed by atoms with Crippen LogP contribution in [0.25, 0.3) is 0 Å². The zero-order valence-electron chi connectivity index (χ0n) is 15.2. The van der Waals surface area contributed by atoms with Crippen LogP contribution in [0.1, 0.15) is 22.8 Å². The largest absolute Gasteiger partial charge is 0.509 e. The van der Waals surface area contributed by atoms with Crippen LogP contribution in [-0.4, -0.2) is 12.1 Å². The molecule has 3 rings (SSSR count). The standard InChI is InChI=1S/C23H20O5/c24-22(26-16-18-10-4-1-5-11-18)21(20-14-8-3-9-15-20)28-23(25)27-17-19-12-6-2-7-13-19/h1-15,21H,16-17H2. The number of rotatable bonds is 7. The maximum Gasteiger partial charge on any atom is 0.509 e. The Labute approximate surface area is 163 Å². The summed E-state index contributed by atoms with van der Waals surface area (Å²) in [5.74, 6) is -0.660. The van der Waals surface area contributed by atoms with E-state index in [-0.39, 0.29) is 13.2 Å². The number of hydrogen-bond acceptors (Lipinski definition) is 5. The van der Waals surface area contributed by atoms with E-state index in [9.17, 15) is 9.59 Å². The average molecular weight is 376 g/mol. The summed E-state index contributed by atoms with van der Waals surface area (Å²) in [6.45, 7) is 0.145. The third-order valence-electron chi connectivity index (χ3n) is 3.95. The first kappa shape index (κ1) is 19.2. The molecule has 142 valence electrons. The predicted molar refractivity (Wildman–Crippen MR) is 103 cm³/mol. The highest BCUT2D eigenvalue weighted by Crippen LogP contribution is 2.21. The lowest BCUT2D eigenvalue weighted by molar-refractivity contribution is -0.157. The molecule has 0 N–H and O–H groups in total. The summed E-state index contributed by atoms with van der Waals surface area (Å²) in [5, 5.41) is 0. The van der Waals surface area contributed by atoms with Crippen molar-refractivity contribution in [1.29, 1.82) is 0 Å². The fourth-order valence-corrected chi connectivity index (χ4v) is 2.53. The molecule has 0 bridgehead atoms. The third-order valence-corrected chi connectivity index (χ3v) is 3.95. The van der Waals surface area contributed by atoms with Gasteiger partial charge in [0.05, 0.1) is 0 Å². The maximum absolute atomic E-state index is 12.6. The Balaban J connectivity index is 1.63. The van der Waals surface area contributed by atoms with Gasteiger partial charge in [0.25, 0.3) is 0 Å². The summed E-state index contributed by atoms with van der Waals surface area (Å²) in [5.41, 5.74) is 2.17. The Hall–Kier alpha value is -3.60. The fraction of sp³-hybridized carbons (Fsp3) is 0.130. The Morgan fingerprint density at radius 2 is 1.11 bits per heavy atom. The lowest BCUT2D eigenvalue weighted by Crippen LogP contribution is -2.22. The molecule has 3 aromatic carbocycles. The van der Waals surface area contributed by atoms with Gasteiger partial charge in [0.2, 0.25) is 6.10 Å². The summed E-state index contributed by atoms with van der Waals surface area (Å²) in [4.78, 5) is 24.7. The van der Waals surface area contributed by atoms with Gasteiger partial charge in [-0.15, -0.1) is 0 Å². The van der Waals surface area contributed by atoms with Crippen LogP contribution in [0.5, 0.6) is 0 Å². The van der Waals surface area contributed by atoms with Crippen molar-refractivity contribution in [3.8, 4) is 0 Å². The van der Waals surface area contributed by atoms with E-state index >= 15 is 0 Å². The molecule has 3 aromatic rings.